The lowest BCUT2D eigenvalue weighted by molar-refractivity contribution is -0.306. The van der Waals surface area contributed by atoms with Gasteiger partial charge in [0.05, 0.1) is 12.5 Å². The predicted molar refractivity (Wildman–Crippen MR) is 41.3 cm³/mol. The summed E-state index contributed by atoms with van der Waals surface area (Å²) in [5, 5.41) is 10.3. The molecule has 1 rings (SSSR count). The summed E-state index contributed by atoms with van der Waals surface area (Å²) in [6.07, 6.45) is 3.24. The summed E-state index contributed by atoms with van der Waals surface area (Å²) in [6, 6.07) is 0. The van der Waals surface area contributed by atoms with Crippen molar-refractivity contribution in [3.05, 3.63) is 18.2 Å². The summed E-state index contributed by atoms with van der Waals surface area (Å²) >= 11 is 0. The summed E-state index contributed by atoms with van der Waals surface area (Å²) in [7, 11) is 0. The van der Waals surface area contributed by atoms with E-state index >= 15 is 0 Å². The molecule has 0 aliphatic carbocycles. The van der Waals surface area contributed by atoms with Gasteiger partial charge in [-0.2, -0.15) is 0 Å². The molecule has 0 aliphatic heterocycles. The predicted octanol–water partition coefficient (Wildman–Crippen LogP) is -0.244. The van der Waals surface area contributed by atoms with Gasteiger partial charge in [-0.3, -0.25) is 0 Å². The van der Waals surface area contributed by atoms with Gasteiger partial charge in [-0.25, -0.2) is 4.98 Å². The zero-order chi connectivity index (χ0) is 9.14. The second-order valence-corrected chi connectivity index (χ2v) is 2.94. The molecule has 0 N–H and O–H groups in total. The van der Waals surface area contributed by atoms with Gasteiger partial charge < -0.3 is 14.5 Å². The van der Waals surface area contributed by atoms with Crippen LogP contribution in [0, 0.1) is 0 Å². The van der Waals surface area contributed by atoms with Gasteiger partial charge in [-0.15, -0.1) is 0 Å². The molecule has 4 nitrogen and oxygen atoms in total. The third-order valence-corrected chi connectivity index (χ3v) is 1.56. The van der Waals surface area contributed by atoms with Crippen LogP contribution in [0.4, 0.5) is 0 Å². The fourth-order valence-corrected chi connectivity index (χ4v) is 1.09. The Balaban J connectivity index is 2.84. The average molecular weight is 167 g/mol. The Morgan fingerprint density at radius 1 is 1.75 bits per heavy atom. The highest BCUT2D eigenvalue weighted by molar-refractivity contribution is 5.64. The van der Waals surface area contributed by atoms with Crippen LogP contribution in [-0.4, -0.2) is 15.5 Å². The smallest absolute Gasteiger partial charge is 0.111 e. The number of aromatic nitrogens is 2. The van der Waals surface area contributed by atoms with Crippen molar-refractivity contribution in [2.75, 3.05) is 0 Å². The van der Waals surface area contributed by atoms with E-state index in [1.807, 2.05) is 13.8 Å². The van der Waals surface area contributed by atoms with E-state index in [-0.39, 0.29) is 12.5 Å². The van der Waals surface area contributed by atoms with Crippen molar-refractivity contribution in [1.29, 1.82) is 0 Å². The molecule has 4 heteroatoms. The molecule has 0 spiro atoms. The molecule has 12 heavy (non-hydrogen) atoms. The van der Waals surface area contributed by atoms with Crippen molar-refractivity contribution in [2.24, 2.45) is 0 Å². The highest BCUT2D eigenvalue weighted by Crippen LogP contribution is 2.10. The maximum absolute atomic E-state index is 10.3. The highest BCUT2D eigenvalue weighted by Gasteiger charge is 2.05. The number of hydrogen-bond donors (Lipinski definition) is 0. The normalized spacial score (nSPS) is 10.6. The van der Waals surface area contributed by atoms with Crippen LogP contribution in [0.2, 0.25) is 0 Å². The zero-order valence-electron chi connectivity index (χ0n) is 7.15. The van der Waals surface area contributed by atoms with Gasteiger partial charge in [0, 0.05) is 18.3 Å². The number of carboxylic acid groups (broad SMARTS) is 1. The van der Waals surface area contributed by atoms with Crippen molar-refractivity contribution in [2.45, 2.75) is 26.3 Å². The quantitative estimate of drug-likeness (QED) is 0.624. The van der Waals surface area contributed by atoms with Crippen LogP contribution in [0.1, 0.15) is 25.6 Å². The Kier molecular flexibility index (Phi) is 2.47. The molecule has 0 radical (unpaired) electrons. The molecule has 0 unspecified atom stereocenters. The van der Waals surface area contributed by atoms with E-state index in [1.165, 1.54) is 0 Å². The van der Waals surface area contributed by atoms with Crippen molar-refractivity contribution in [3.63, 3.8) is 0 Å². The fourth-order valence-electron chi connectivity index (χ4n) is 1.09. The molecule has 0 saturated carbocycles. The summed E-state index contributed by atoms with van der Waals surface area (Å²) in [6.45, 7) is 3.82. The van der Waals surface area contributed by atoms with Crippen LogP contribution in [0.15, 0.2) is 12.4 Å². The molecular weight excluding hydrogens is 156 g/mol. The molecule has 1 aromatic rings. The van der Waals surface area contributed by atoms with Gasteiger partial charge in [0.15, 0.2) is 0 Å². The molecule has 1 aromatic heterocycles. The minimum Gasteiger partial charge on any atom is -0.548 e. The average Bonchev–Trinajstić information content (AvgIpc) is 2.33. The molecule has 1 heterocycles. The molecule has 0 saturated heterocycles. The third-order valence-electron chi connectivity index (χ3n) is 1.56. The molecule has 0 bridgehead atoms. The number of imidazole rings is 1. The minimum absolute atomic E-state index is 0.118. The maximum atomic E-state index is 10.3. The van der Waals surface area contributed by atoms with Crippen LogP contribution in [-0.2, 0) is 11.3 Å². The van der Waals surface area contributed by atoms with Crippen molar-refractivity contribution >= 4 is 5.97 Å². The largest absolute Gasteiger partial charge is 0.548 e. The van der Waals surface area contributed by atoms with Gasteiger partial charge in [0.2, 0.25) is 0 Å². The van der Waals surface area contributed by atoms with Crippen LogP contribution < -0.4 is 5.11 Å². The number of nitrogens with zero attached hydrogens (tertiary/aromatic N) is 2. The number of carbonyl (C=O) groups is 1. The first kappa shape index (κ1) is 8.77. The standard InChI is InChI=1S/C8H12N2O2/c1-6(2)8-9-3-4-10(8)5-7(11)12/h3-4,6H,5H2,1-2H3,(H,11,12)/p-1. The minimum atomic E-state index is -1.09. The highest BCUT2D eigenvalue weighted by atomic mass is 16.4. The van der Waals surface area contributed by atoms with Gasteiger partial charge >= 0.3 is 0 Å². The summed E-state index contributed by atoms with van der Waals surface area (Å²) in [4.78, 5) is 14.3. The summed E-state index contributed by atoms with van der Waals surface area (Å²) < 4.78 is 1.58. The Hall–Kier alpha value is -1.32. The van der Waals surface area contributed by atoms with E-state index in [4.69, 9.17) is 0 Å². The van der Waals surface area contributed by atoms with Crippen molar-refractivity contribution < 1.29 is 9.90 Å². The lowest BCUT2D eigenvalue weighted by Crippen LogP contribution is -2.28. The van der Waals surface area contributed by atoms with Crippen LogP contribution in [0.3, 0.4) is 0 Å². The molecule has 0 aromatic carbocycles. The Morgan fingerprint density at radius 3 is 2.92 bits per heavy atom. The second kappa shape index (κ2) is 3.38. The Labute approximate surface area is 70.9 Å². The SMILES string of the molecule is CC(C)c1nccn1CC(=O)[O-]. The van der Waals surface area contributed by atoms with Gasteiger partial charge in [0.25, 0.3) is 0 Å². The number of hydrogen-bond acceptors (Lipinski definition) is 3. The maximum Gasteiger partial charge on any atom is 0.111 e. The Morgan fingerprint density at radius 2 is 2.42 bits per heavy atom. The lowest BCUT2D eigenvalue weighted by atomic mass is 10.2. The van der Waals surface area contributed by atoms with E-state index in [0.29, 0.717) is 0 Å². The van der Waals surface area contributed by atoms with E-state index in [0.717, 1.165) is 5.82 Å². The monoisotopic (exact) mass is 167 g/mol. The Bertz CT molecular complexity index is 278. The van der Waals surface area contributed by atoms with Crippen molar-refractivity contribution in [3.8, 4) is 0 Å². The second-order valence-electron chi connectivity index (χ2n) is 2.94. The number of carbonyl (C=O) groups excluding carboxylic acids is 1. The van der Waals surface area contributed by atoms with Crippen LogP contribution in [0.25, 0.3) is 0 Å². The zero-order valence-corrected chi connectivity index (χ0v) is 7.15. The molecule has 0 fully saturated rings. The number of rotatable bonds is 3. The van der Waals surface area contributed by atoms with Crippen molar-refractivity contribution in [1.82, 2.24) is 9.55 Å². The first-order valence-corrected chi connectivity index (χ1v) is 3.82. The van der Waals surface area contributed by atoms with E-state index in [2.05, 4.69) is 4.98 Å². The first-order chi connectivity index (χ1) is 5.61. The fraction of sp³-hybridized carbons (Fsp3) is 0.500. The summed E-state index contributed by atoms with van der Waals surface area (Å²) in [5.41, 5.74) is 0. The number of carboxylic acids is 1. The molecule has 0 aliphatic rings. The molecular formula is C8H11N2O2-. The molecule has 66 valence electrons. The molecule has 0 amide bonds. The summed E-state index contributed by atoms with van der Waals surface area (Å²) in [5.74, 6) is -0.0755. The van der Waals surface area contributed by atoms with E-state index < -0.39 is 5.97 Å². The third kappa shape index (κ3) is 1.84. The van der Waals surface area contributed by atoms with Gasteiger partial charge in [-0.05, 0) is 0 Å². The van der Waals surface area contributed by atoms with E-state index in [9.17, 15) is 9.90 Å². The van der Waals surface area contributed by atoms with Crippen LogP contribution in [0.5, 0.6) is 0 Å². The topological polar surface area (TPSA) is 58.0 Å². The number of aliphatic carboxylic acids is 1. The van der Waals surface area contributed by atoms with E-state index in [1.54, 1.807) is 17.0 Å². The van der Waals surface area contributed by atoms with Gasteiger partial charge in [-0.1, -0.05) is 13.8 Å². The lowest BCUT2D eigenvalue weighted by Gasteiger charge is -2.09. The molecule has 0 atom stereocenters. The first-order valence-electron chi connectivity index (χ1n) is 3.82. The van der Waals surface area contributed by atoms with Crippen LogP contribution >= 0.6 is 0 Å². The van der Waals surface area contributed by atoms with Gasteiger partial charge in [0.1, 0.15) is 5.82 Å².